The van der Waals surface area contributed by atoms with E-state index < -0.39 is 6.04 Å². The lowest BCUT2D eigenvalue weighted by Crippen LogP contribution is -2.37. The monoisotopic (exact) mass is 385 g/mol. The van der Waals surface area contributed by atoms with Crippen LogP contribution in [-0.2, 0) is 13.0 Å². The Kier molecular flexibility index (Phi) is 4.90. The van der Waals surface area contributed by atoms with Crippen molar-refractivity contribution in [2.45, 2.75) is 19.0 Å². The van der Waals surface area contributed by atoms with Crippen molar-refractivity contribution in [2.75, 3.05) is 6.54 Å². The third-order valence-corrected chi connectivity index (χ3v) is 6.15. The summed E-state index contributed by atoms with van der Waals surface area (Å²) >= 11 is 8.20. The average Bonchev–Trinajstić information content (AvgIpc) is 3.12. The van der Waals surface area contributed by atoms with Crippen molar-refractivity contribution in [1.29, 1.82) is 0 Å². The van der Waals surface area contributed by atoms with Crippen LogP contribution in [-0.4, -0.2) is 17.2 Å². The van der Waals surface area contributed by atoms with Crippen LogP contribution in [0.2, 0.25) is 5.02 Å². The Bertz CT molecular complexity index is 937. The molecule has 132 valence electrons. The fraction of sp³-hybridized carbons (Fsp3) is 0.190. The van der Waals surface area contributed by atoms with Crippen LogP contribution in [0.4, 0.5) is 4.39 Å². The Hall–Kier alpha value is -2.01. The number of carbonyl (C=O) groups is 1. The van der Waals surface area contributed by atoms with Gasteiger partial charge < -0.3 is 0 Å². The van der Waals surface area contributed by atoms with E-state index in [0.717, 1.165) is 18.5 Å². The van der Waals surface area contributed by atoms with E-state index in [1.807, 2.05) is 24.3 Å². The first kappa shape index (κ1) is 17.4. The van der Waals surface area contributed by atoms with Crippen molar-refractivity contribution >= 4 is 28.7 Å². The summed E-state index contributed by atoms with van der Waals surface area (Å²) in [6.45, 7) is 1.50. The molecular weight excluding hydrogens is 369 g/mol. The number of fused-ring (bicyclic) bond motifs is 1. The zero-order valence-corrected chi connectivity index (χ0v) is 15.6. The van der Waals surface area contributed by atoms with Gasteiger partial charge in [0.25, 0.3) is 0 Å². The van der Waals surface area contributed by atoms with Gasteiger partial charge in [-0.05, 0) is 59.3 Å². The first-order valence-corrected chi connectivity index (χ1v) is 9.73. The minimum atomic E-state index is -0.484. The highest BCUT2D eigenvalue weighted by molar-refractivity contribution is 7.10. The average molecular weight is 386 g/mol. The largest absolute Gasteiger partial charge is 0.292 e. The lowest BCUT2D eigenvalue weighted by Gasteiger charge is -2.34. The predicted octanol–water partition coefficient (Wildman–Crippen LogP) is 5.52. The van der Waals surface area contributed by atoms with Crippen LogP contribution in [0, 0.1) is 5.82 Å². The molecule has 1 aromatic heterocycles. The first-order chi connectivity index (χ1) is 12.6. The van der Waals surface area contributed by atoms with E-state index >= 15 is 0 Å². The minimum absolute atomic E-state index is 0.0585. The Balaban J connectivity index is 1.74. The van der Waals surface area contributed by atoms with Crippen LogP contribution in [0.25, 0.3) is 0 Å². The number of thiophene rings is 1. The Morgan fingerprint density at radius 1 is 1.12 bits per heavy atom. The van der Waals surface area contributed by atoms with Gasteiger partial charge in [0.2, 0.25) is 0 Å². The van der Waals surface area contributed by atoms with Gasteiger partial charge in [0.05, 0.1) is 0 Å². The molecule has 0 N–H and O–H groups in total. The normalized spacial score (nSPS) is 15.5. The molecule has 0 radical (unpaired) electrons. The number of hydrogen-bond donors (Lipinski definition) is 0. The van der Waals surface area contributed by atoms with E-state index in [0.29, 0.717) is 17.1 Å². The maximum atomic E-state index is 13.3. The summed E-state index contributed by atoms with van der Waals surface area (Å²) in [6, 6.07) is 14.8. The molecule has 1 unspecified atom stereocenters. The molecule has 1 atom stereocenters. The molecule has 2 heterocycles. The van der Waals surface area contributed by atoms with E-state index in [-0.39, 0.29) is 11.6 Å². The lowest BCUT2D eigenvalue weighted by atomic mass is 9.94. The summed E-state index contributed by atoms with van der Waals surface area (Å²) in [7, 11) is 0. The molecule has 1 aliphatic heterocycles. The van der Waals surface area contributed by atoms with Crippen LogP contribution in [0.1, 0.15) is 32.4 Å². The van der Waals surface area contributed by atoms with Gasteiger partial charge in [-0.2, -0.15) is 0 Å². The SMILES string of the molecule is O=C(c1ccc(F)cc1)C(c1ccccc1Cl)N1CCc2sccc2C1. The molecule has 4 rings (SSSR count). The summed E-state index contributed by atoms with van der Waals surface area (Å²) in [6.07, 6.45) is 0.921. The van der Waals surface area contributed by atoms with Gasteiger partial charge in [0.15, 0.2) is 5.78 Å². The highest BCUT2D eigenvalue weighted by Crippen LogP contribution is 2.35. The summed E-state index contributed by atoms with van der Waals surface area (Å²) in [5, 5.41) is 2.67. The minimum Gasteiger partial charge on any atom is -0.292 e. The van der Waals surface area contributed by atoms with Crippen molar-refractivity contribution in [3.05, 3.63) is 92.4 Å². The molecule has 2 nitrogen and oxygen atoms in total. The highest BCUT2D eigenvalue weighted by atomic mass is 35.5. The van der Waals surface area contributed by atoms with E-state index in [1.165, 1.54) is 22.6 Å². The van der Waals surface area contributed by atoms with Gasteiger partial charge in [-0.25, -0.2) is 4.39 Å². The molecule has 5 heteroatoms. The van der Waals surface area contributed by atoms with Crippen LogP contribution in [0.5, 0.6) is 0 Å². The number of carbonyl (C=O) groups excluding carboxylic acids is 1. The molecule has 0 saturated heterocycles. The zero-order chi connectivity index (χ0) is 18.1. The number of Topliss-reactive ketones (excluding diaryl/α,β-unsaturated/α-hetero) is 1. The second-order valence-corrected chi connectivity index (χ2v) is 7.79. The van der Waals surface area contributed by atoms with Gasteiger partial charge in [0, 0.05) is 28.6 Å². The third-order valence-electron chi connectivity index (χ3n) is 4.78. The fourth-order valence-corrected chi connectivity index (χ4v) is 4.59. The fourth-order valence-electron chi connectivity index (χ4n) is 3.46. The number of halogens is 2. The van der Waals surface area contributed by atoms with E-state index in [4.69, 9.17) is 11.6 Å². The number of rotatable bonds is 4. The quantitative estimate of drug-likeness (QED) is 0.551. The van der Waals surface area contributed by atoms with Gasteiger partial charge in [-0.1, -0.05) is 29.8 Å². The van der Waals surface area contributed by atoms with Gasteiger partial charge >= 0.3 is 0 Å². The van der Waals surface area contributed by atoms with Crippen molar-refractivity contribution in [1.82, 2.24) is 4.90 Å². The van der Waals surface area contributed by atoms with E-state index in [9.17, 15) is 9.18 Å². The molecule has 0 fully saturated rings. The lowest BCUT2D eigenvalue weighted by molar-refractivity contribution is 0.0796. The Labute approximate surface area is 160 Å². The predicted molar refractivity (Wildman–Crippen MR) is 103 cm³/mol. The van der Waals surface area contributed by atoms with Crippen molar-refractivity contribution in [2.24, 2.45) is 0 Å². The molecule has 0 spiro atoms. The maximum absolute atomic E-state index is 13.3. The molecule has 0 aliphatic carbocycles. The van der Waals surface area contributed by atoms with Gasteiger partial charge in [0.1, 0.15) is 11.9 Å². The molecule has 1 aliphatic rings. The zero-order valence-electron chi connectivity index (χ0n) is 14.0. The topological polar surface area (TPSA) is 20.3 Å². The summed E-state index contributed by atoms with van der Waals surface area (Å²) in [5.41, 5.74) is 2.56. The second kappa shape index (κ2) is 7.31. The standard InChI is InChI=1S/C21H17ClFNOS/c22-18-4-2-1-3-17(18)20(21(25)14-5-7-16(23)8-6-14)24-11-9-19-15(13-24)10-12-26-19/h1-8,10,12,20H,9,11,13H2. The van der Waals surface area contributed by atoms with Crippen LogP contribution < -0.4 is 0 Å². The van der Waals surface area contributed by atoms with Crippen LogP contribution in [0.3, 0.4) is 0 Å². The first-order valence-electron chi connectivity index (χ1n) is 8.47. The van der Waals surface area contributed by atoms with Crippen LogP contribution in [0.15, 0.2) is 60.0 Å². The number of benzene rings is 2. The van der Waals surface area contributed by atoms with Gasteiger partial charge in [-0.3, -0.25) is 9.69 Å². The number of ketones is 1. The third kappa shape index (κ3) is 3.32. The van der Waals surface area contributed by atoms with Crippen LogP contribution >= 0.6 is 22.9 Å². The van der Waals surface area contributed by atoms with E-state index in [1.54, 1.807) is 23.5 Å². The molecule has 0 saturated carbocycles. The molecule has 3 aromatic rings. The molecule has 26 heavy (non-hydrogen) atoms. The highest BCUT2D eigenvalue weighted by Gasteiger charge is 2.32. The molecule has 2 aromatic carbocycles. The van der Waals surface area contributed by atoms with Gasteiger partial charge in [-0.15, -0.1) is 11.3 Å². The number of hydrogen-bond acceptors (Lipinski definition) is 3. The smallest absolute Gasteiger partial charge is 0.184 e. The molecule has 0 bridgehead atoms. The molecular formula is C21H17ClFNOS. The molecule has 0 amide bonds. The van der Waals surface area contributed by atoms with Crippen molar-refractivity contribution in [3.8, 4) is 0 Å². The Morgan fingerprint density at radius 2 is 1.88 bits per heavy atom. The van der Waals surface area contributed by atoms with Crippen molar-refractivity contribution < 1.29 is 9.18 Å². The second-order valence-electron chi connectivity index (χ2n) is 6.38. The summed E-state index contributed by atoms with van der Waals surface area (Å²) in [4.78, 5) is 16.9. The van der Waals surface area contributed by atoms with E-state index in [2.05, 4.69) is 16.3 Å². The maximum Gasteiger partial charge on any atom is 0.184 e. The summed E-state index contributed by atoms with van der Waals surface area (Å²) in [5.74, 6) is -0.409. The Morgan fingerprint density at radius 3 is 2.65 bits per heavy atom. The number of nitrogens with zero attached hydrogens (tertiary/aromatic N) is 1. The van der Waals surface area contributed by atoms with Crippen molar-refractivity contribution in [3.63, 3.8) is 0 Å². The summed E-state index contributed by atoms with van der Waals surface area (Å²) < 4.78 is 13.3.